The highest BCUT2D eigenvalue weighted by Crippen LogP contribution is 2.27. The molecule has 0 aliphatic carbocycles. The molecule has 0 aromatic heterocycles. The molecule has 0 atom stereocenters. The number of aromatic hydroxyl groups is 1. The maximum atomic E-state index is 11.7. The zero-order chi connectivity index (χ0) is 17.5. The Balaban J connectivity index is 1.95. The van der Waals surface area contributed by atoms with Gasteiger partial charge in [0.1, 0.15) is 0 Å². The lowest BCUT2D eigenvalue weighted by Gasteiger charge is -2.05. The van der Waals surface area contributed by atoms with E-state index in [0.29, 0.717) is 11.3 Å². The van der Waals surface area contributed by atoms with Crippen LogP contribution >= 0.6 is 15.9 Å². The number of ether oxygens (including phenoxy) is 1. The summed E-state index contributed by atoms with van der Waals surface area (Å²) in [6.45, 7) is 0. The van der Waals surface area contributed by atoms with Gasteiger partial charge in [-0.25, -0.2) is 5.43 Å². The second-order valence-corrected chi connectivity index (χ2v) is 5.47. The van der Waals surface area contributed by atoms with E-state index < -0.39 is 11.8 Å². The minimum atomic E-state index is -0.934. The standard InChI is InChI=1S/C16H14BrN3O4/c1-24-13-4-2-3-10(14(13)21)9-18-20-16(23)15(22)19-12-7-5-11(17)6-8-12/h2-9,21H,1H3,(H,19,22)(H,20,23)/b18-9+. The second-order valence-electron chi connectivity index (χ2n) is 4.56. The van der Waals surface area contributed by atoms with Crippen LogP contribution < -0.4 is 15.5 Å². The number of anilines is 1. The van der Waals surface area contributed by atoms with Crippen molar-refractivity contribution in [1.82, 2.24) is 5.43 Å². The van der Waals surface area contributed by atoms with Gasteiger partial charge in [-0.05, 0) is 36.4 Å². The number of para-hydroxylation sites is 1. The van der Waals surface area contributed by atoms with Gasteiger partial charge in [0, 0.05) is 15.7 Å². The van der Waals surface area contributed by atoms with Crippen molar-refractivity contribution in [2.24, 2.45) is 5.10 Å². The van der Waals surface area contributed by atoms with Crippen LogP contribution in [-0.2, 0) is 9.59 Å². The first-order valence-corrected chi connectivity index (χ1v) is 7.56. The zero-order valence-electron chi connectivity index (χ0n) is 12.6. The summed E-state index contributed by atoms with van der Waals surface area (Å²) in [5, 5.41) is 15.9. The largest absolute Gasteiger partial charge is 0.504 e. The van der Waals surface area contributed by atoms with Gasteiger partial charge in [0.05, 0.1) is 13.3 Å². The molecule has 0 heterocycles. The van der Waals surface area contributed by atoms with E-state index >= 15 is 0 Å². The van der Waals surface area contributed by atoms with Crippen molar-refractivity contribution in [3.63, 3.8) is 0 Å². The molecular formula is C16H14BrN3O4. The molecule has 0 aliphatic heterocycles. The van der Waals surface area contributed by atoms with Crippen molar-refractivity contribution in [1.29, 1.82) is 0 Å². The highest BCUT2D eigenvalue weighted by atomic mass is 79.9. The van der Waals surface area contributed by atoms with Gasteiger partial charge in [0.25, 0.3) is 0 Å². The first kappa shape index (κ1) is 17.5. The lowest BCUT2D eigenvalue weighted by Crippen LogP contribution is -2.32. The van der Waals surface area contributed by atoms with Gasteiger partial charge in [-0.1, -0.05) is 22.0 Å². The molecule has 0 saturated carbocycles. The lowest BCUT2D eigenvalue weighted by molar-refractivity contribution is -0.136. The summed E-state index contributed by atoms with van der Waals surface area (Å²) in [5.41, 5.74) is 2.90. The second kappa shape index (κ2) is 8.11. The third-order valence-electron chi connectivity index (χ3n) is 2.93. The molecule has 2 rings (SSSR count). The smallest absolute Gasteiger partial charge is 0.329 e. The van der Waals surface area contributed by atoms with Crippen molar-refractivity contribution in [3.8, 4) is 11.5 Å². The highest BCUT2D eigenvalue weighted by molar-refractivity contribution is 9.10. The summed E-state index contributed by atoms with van der Waals surface area (Å²) < 4.78 is 5.81. The molecule has 8 heteroatoms. The number of rotatable bonds is 4. The van der Waals surface area contributed by atoms with Gasteiger partial charge in [0.15, 0.2) is 11.5 Å². The van der Waals surface area contributed by atoms with Crippen molar-refractivity contribution in [2.75, 3.05) is 12.4 Å². The molecule has 3 N–H and O–H groups in total. The number of hydrogen-bond acceptors (Lipinski definition) is 5. The summed E-state index contributed by atoms with van der Waals surface area (Å²) in [4.78, 5) is 23.4. The van der Waals surface area contributed by atoms with Crippen LogP contribution in [0, 0.1) is 0 Å². The van der Waals surface area contributed by atoms with Crippen LogP contribution in [0.25, 0.3) is 0 Å². The average molecular weight is 392 g/mol. The van der Waals surface area contributed by atoms with E-state index in [4.69, 9.17) is 4.74 Å². The number of methoxy groups -OCH3 is 1. The topological polar surface area (TPSA) is 100 Å². The van der Waals surface area contributed by atoms with E-state index in [0.717, 1.165) is 4.47 Å². The highest BCUT2D eigenvalue weighted by Gasteiger charge is 2.13. The van der Waals surface area contributed by atoms with E-state index in [-0.39, 0.29) is 11.5 Å². The molecule has 24 heavy (non-hydrogen) atoms. The third-order valence-corrected chi connectivity index (χ3v) is 3.46. The Morgan fingerprint density at radius 3 is 2.54 bits per heavy atom. The monoisotopic (exact) mass is 391 g/mol. The number of nitrogens with one attached hydrogen (secondary N) is 2. The molecule has 2 aromatic rings. The normalized spacial score (nSPS) is 10.4. The van der Waals surface area contributed by atoms with Crippen molar-refractivity contribution in [2.45, 2.75) is 0 Å². The molecule has 0 spiro atoms. The number of nitrogens with zero attached hydrogens (tertiary/aromatic N) is 1. The van der Waals surface area contributed by atoms with Gasteiger partial charge in [0.2, 0.25) is 0 Å². The summed E-state index contributed by atoms with van der Waals surface area (Å²) in [6, 6.07) is 11.6. The van der Waals surface area contributed by atoms with Crippen LogP contribution in [0.1, 0.15) is 5.56 Å². The SMILES string of the molecule is COc1cccc(/C=N/NC(=O)C(=O)Nc2ccc(Br)cc2)c1O. The molecule has 0 unspecified atom stereocenters. The van der Waals surface area contributed by atoms with Crippen LogP contribution in [0.4, 0.5) is 5.69 Å². The van der Waals surface area contributed by atoms with Crippen LogP contribution in [0.2, 0.25) is 0 Å². The minimum absolute atomic E-state index is 0.114. The van der Waals surface area contributed by atoms with Crippen LogP contribution in [0.5, 0.6) is 11.5 Å². The predicted octanol–water partition coefficient (Wildman–Crippen LogP) is 2.25. The van der Waals surface area contributed by atoms with Gasteiger partial charge in [-0.3, -0.25) is 9.59 Å². The molecule has 0 bridgehead atoms. The predicted molar refractivity (Wildman–Crippen MR) is 93.2 cm³/mol. The molecule has 0 radical (unpaired) electrons. The summed E-state index contributed by atoms with van der Waals surface area (Å²) in [6.07, 6.45) is 1.21. The first-order valence-electron chi connectivity index (χ1n) is 6.77. The van der Waals surface area contributed by atoms with E-state index in [1.54, 1.807) is 42.5 Å². The number of halogens is 1. The maximum Gasteiger partial charge on any atom is 0.329 e. The molecule has 0 fully saturated rings. The summed E-state index contributed by atoms with van der Waals surface area (Å²) in [5.74, 6) is -1.63. The van der Waals surface area contributed by atoms with E-state index in [1.807, 2.05) is 0 Å². The molecular weight excluding hydrogens is 378 g/mol. The fourth-order valence-corrected chi connectivity index (χ4v) is 2.00. The third kappa shape index (κ3) is 4.56. The summed E-state index contributed by atoms with van der Waals surface area (Å²) in [7, 11) is 1.42. The molecule has 2 amide bonds. The fraction of sp³-hybridized carbons (Fsp3) is 0.0625. The number of benzene rings is 2. The van der Waals surface area contributed by atoms with Gasteiger partial charge in [-0.2, -0.15) is 5.10 Å². The molecule has 7 nitrogen and oxygen atoms in total. The Morgan fingerprint density at radius 2 is 1.88 bits per heavy atom. The maximum absolute atomic E-state index is 11.7. The van der Waals surface area contributed by atoms with Crippen molar-refractivity contribution >= 4 is 39.6 Å². The minimum Gasteiger partial charge on any atom is -0.504 e. The van der Waals surface area contributed by atoms with Crippen molar-refractivity contribution in [3.05, 3.63) is 52.5 Å². The molecule has 2 aromatic carbocycles. The number of phenolic OH excluding ortho intramolecular Hbond substituents is 1. The number of phenols is 1. The quantitative estimate of drug-likeness (QED) is 0.422. The number of carbonyl (C=O) groups excluding carboxylic acids is 2. The van der Waals surface area contributed by atoms with E-state index in [2.05, 4.69) is 31.8 Å². The van der Waals surface area contributed by atoms with Crippen LogP contribution in [-0.4, -0.2) is 30.2 Å². The zero-order valence-corrected chi connectivity index (χ0v) is 14.2. The van der Waals surface area contributed by atoms with Crippen molar-refractivity contribution < 1.29 is 19.4 Å². The first-order chi connectivity index (χ1) is 11.5. The lowest BCUT2D eigenvalue weighted by atomic mass is 10.2. The van der Waals surface area contributed by atoms with Crippen LogP contribution in [0.15, 0.2) is 52.0 Å². The molecule has 0 aliphatic rings. The number of hydrazone groups is 1. The van der Waals surface area contributed by atoms with E-state index in [9.17, 15) is 14.7 Å². The Morgan fingerprint density at radius 1 is 1.17 bits per heavy atom. The number of hydrogen-bond donors (Lipinski definition) is 3. The Labute approximate surface area is 146 Å². The Kier molecular flexibility index (Phi) is 5.91. The summed E-state index contributed by atoms with van der Waals surface area (Å²) >= 11 is 3.27. The van der Waals surface area contributed by atoms with Gasteiger partial charge in [-0.15, -0.1) is 0 Å². The van der Waals surface area contributed by atoms with Gasteiger partial charge >= 0.3 is 11.8 Å². The fourth-order valence-electron chi connectivity index (χ4n) is 1.74. The number of carbonyl (C=O) groups is 2. The average Bonchev–Trinajstić information content (AvgIpc) is 2.58. The molecule has 124 valence electrons. The Hall–Kier alpha value is -2.87. The van der Waals surface area contributed by atoms with Crippen LogP contribution in [0.3, 0.4) is 0 Å². The number of amides is 2. The Bertz CT molecular complexity index is 775. The molecule has 0 saturated heterocycles. The van der Waals surface area contributed by atoms with E-state index in [1.165, 1.54) is 13.3 Å². The van der Waals surface area contributed by atoms with Gasteiger partial charge < -0.3 is 15.2 Å².